The molecule has 0 spiro atoms. The molecule has 3 aromatic rings. The van der Waals surface area contributed by atoms with E-state index in [0.717, 1.165) is 5.39 Å². The van der Waals surface area contributed by atoms with Crippen molar-refractivity contribution in [1.29, 1.82) is 0 Å². The van der Waals surface area contributed by atoms with Gasteiger partial charge in [-0.25, -0.2) is 4.39 Å². The van der Waals surface area contributed by atoms with Gasteiger partial charge in [-0.2, -0.15) is 0 Å². The van der Waals surface area contributed by atoms with Gasteiger partial charge in [0.25, 0.3) is 0 Å². The fourth-order valence-electron chi connectivity index (χ4n) is 3.47. The molecule has 1 aliphatic rings. The minimum Gasteiger partial charge on any atom is -0.354 e. The average Bonchev–Trinajstić information content (AvgIpc) is 2.62. The maximum atomic E-state index is 14.6. The first kappa shape index (κ1) is 22.0. The summed E-state index contributed by atoms with van der Waals surface area (Å²) in [4.78, 5) is 4.39. The highest BCUT2D eigenvalue weighted by molar-refractivity contribution is 6.33. The number of fused-ring (bicyclic) bond motifs is 1. The van der Waals surface area contributed by atoms with Crippen LogP contribution in [-0.2, 0) is 10.3 Å². The summed E-state index contributed by atoms with van der Waals surface area (Å²) in [7, 11) is 0. The second-order valence-corrected chi connectivity index (χ2v) is 7.89. The van der Waals surface area contributed by atoms with Crippen LogP contribution in [0.4, 0.5) is 15.8 Å². The third-order valence-electron chi connectivity index (χ3n) is 4.75. The molecule has 154 valence electrons. The van der Waals surface area contributed by atoms with Crippen LogP contribution in [0.2, 0.25) is 10.0 Å². The van der Waals surface area contributed by atoms with Gasteiger partial charge in [0.05, 0.1) is 16.2 Å². The van der Waals surface area contributed by atoms with E-state index < -0.39 is 11.8 Å². The zero-order valence-corrected chi connectivity index (χ0v) is 17.8. The Morgan fingerprint density at radius 1 is 1.24 bits per heavy atom. The van der Waals surface area contributed by atoms with Gasteiger partial charge in [0, 0.05) is 40.9 Å². The van der Waals surface area contributed by atoms with Gasteiger partial charge >= 0.3 is 0 Å². The van der Waals surface area contributed by atoms with Gasteiger partial charge in [-0.05, 0) is 43.3 Å². The summed E-state index contributed by atoms with van der Waals surface area (Å²) in [6.45, 7) is 2.80. The second-order valence-electron chi connectivity index (χ2n) is 7.02. The number of hydrogen-bond acceptors (Lipinski definition) is 5. The number of nitrogens with two attached hydrogens (primary N) is 1. The Morgan fingerprint density at radius 2 is 2.00 bits per heavy atom. The predicted molar refractivity (Wildman–Crippen MR) is 118 cm³/mol. The lowest BCUT2D eigenvalue weighted by molar-refractivity contribution is -0.109. The molecular weight excluding hydrogens is 438 g/mol. The minimum atomic E-state index is -0.873. The molecular formula is C20H20Cl3FN4O. The van der Waals surface area contributed by atoms with Crippen molar-refractivity contribution in [3.05, 3.63) is 64.0 Å². The number of anilines is 2. The lowest BCUT2D eigenvalue weighted by Gasteiger charge is -2.38. The number of halogens is 4. The Hall–Kier alpha value is -1.67. The summed E-state index contributed by atoms with van der Waals surface area (Å²) in [5, 5.41) is 8.33. The van der Waals surface area contributed by atoms with E-state index in [1.54, 1.807) is 36.5 Å². The van der Waals surface area contributed by atoms with E-state index in [9.17, 15) is 4.39 Å². The average molecular weight is 458 g/mol. The molecule has 2 heterocycles. The van der Waals surface area contributed by atoms with E-state index in [4.69, 9.17) is 33.7 Å². The van der Waals surface area contributed by atoms with Crippen molar-refractivity contribution in [3.8, 4) is 0 Å². The van der Waals surface area contributed by atoms with Crippen molar-refractivity contribution in [3.63, 3.8) is 0 Å². The van der Waals surface area contributed by atoms with E-state index >= 15 is 0 Å². The number of pyridine rings is 1. The number of aromatic nitrogens is 1. The number of ether oxygens (including phenoxy) is 1. The summed E-state index contributed by atoms with van der Waals surface area (Å²) in [6, 6.07) is 10.1. The number of rotatable bonds is 3. The molecule has 2 atom stereocenters. The Bertz CT molecular complexity index is 1050. The van der Waals surface area contributed by atoms with Crippen LogP contribution >= 0.6 is 35.6 Å². The molecule has 0 radical (unpaired) electrons. The molecule has 1 unspecified atom stereocenters. The zero-order chi connectivity index (χ0) is 19.9. The number of hydrogen-bond donors (Lipinski definition) is 3. The quantitative estimate of drug-likeness (QED) is 0.518. The lowest BCUT2D eigenvalue weighted by atomic mass is 9.93. The van der Waals surface area contributed by atoms with Crippen LogP contribution in [0.1, 0.15) is 12.5 Å². The molecule has 0 bridgehead atoms. The van der Waals surface area contributed by atoms with E-state index in [2.05, 4.69) is 15.6 Å². The van der Waals surface area contributed by atoms with Crippen LogP contribution in [0.15, 0.2) is 42.6 Å². The molecule has 1 aliphatic heterocycles. The highest BCUT2D eigenvalue weighted by Crippen LogP contribution is 2.34. The smallest absolute Gasteiger partial charge is 0.129 e. The van der Waals surface area contributed by atoms with E-state index in [1.807, 2.05) is 6.92 Å². The zero-order valence-electron chi connectivity index (χ0n) is 15.5. The second kappa shape index (κ2) is 8.60. The first-order chi connectivity index (χ1) is 13.3. The summed E-state index contributed by atoms with van der Waals surface area (Å²) < 4.78 is 20.5. The van der Waals surface area contributed by atoms with Crippen molar-refractivity contribution >= 4 is 57.9 Å². The highest BCUT2D eigenvalue weighted by atomic mass is 35.5. The molecule has 0 amide bonds. The normalized spacial score (nSPS) is 21.6. The molecule has 5 nitrogen and oxygen atoms in total. The first-order valence-electron chi connectivity index (χ1n) is 8.80. The standard InChI is InChI=1S/C20H19Cl2FN4O.ClH/c1-20(10-25-9-18(24)28-20)15-7-14(2-3-16(15)23)27-17-6-12(21)4-11-5-13(22)8-26-19(11)17;/h2-8,18,25,27H,9-10,24H2,1H3;1H/t18-,20?;/m1./s1. The maximum absolute atomic E-state index is 14.6. The van der Waals surface area contributed by atoms with E-state index in [1.165, 1.54) is 6.07 Å². The Kier molecular flexibility index (Phi) is 6.53. The molecule has 29 heavy (non-hydrogen) atoms. The molecule has 9 heteroatoms. The van der Waals surface area contributed by atoms with Crippen LogP contribution in [0, 0.1) is 5.82 Å². The van der Waals surface area contributed by atoms with Gasteiger partial charge in [0.15, 0.2) is 0 Å². The Balaban J connectivity index is 0.00000240. The van der Waals surface area contributed by atoms with Crippen molar-refractivity contribution in [2.45, 2.75) is 18.8 Å². The number of benzene rings is 2. The highest BCUT2D eigenvalue weighted by Gasteiger charge is 2.35. The summed E-state index contributed by atoms with van der Waals surface area (Å²) in [6.07, 6.45) is 1.07. The van der Waals surface area contributed by atoms with Crippen LogP contribution in [-0.4, -0.2) is 24.3 Å². The third kappa shape index (κ3) is 4.58. The fourth-order valence-corrected chi connectivity index (χ4v) is 3.87. The first-order valence-corrected chi connectivity index (χ1v) is 9.56. The van der Waals surface area contributed by atoms with E-state index in [-0.39, 0.29) is 18.2 Å². The van der Waals surface area contributed by atoms with Crippen molar-refractivity contribution < 1.29 is 9.13 Å². The molecule has 1 aromatic heterocycles. The van der Waals surface area contributed by atoms with Gasteiger partial charge in [0.1, 0.15) is 17.6 Å². The molecule has 0 aliphatic carbocycles. The minimum absolute atomic E-state index is 0. The van der Waals surface area contributed by atoms with Crippen LogP contribution in [0.5, 0.6) is 0 Å². The number of nitrogens with zero attached hydrogens (tertiary/aromatic N) is 1. The maximum Gasteiger partial charge on any atom is 0.129 e. The Morgan fingerprint density at radius 3 is 2.76 bits per heavy atom. The molecule has 4 rings (SSSR count). The van der Waals surface area contributed by atoms with Crippen molar-refractivity contribution in [1.82, 2.24) is 10.3 Å². The largest absolute Gasteiger partial charge is 0.354 e. The predicted octanol–water partition coefficient (Wildman–Crippen LogP) is 4.97. The van der Waals surface area contributed by atoms with Crippen molar-refractivity contribution in [2.24, 2.45) is 5.73 Å². The van der Waals surface area contributed by atoms with E-state index in [0.29, 0.717) is 45.6 Å². The molecule has 1 fully saturated rings. The number of morpholine rings is 1. The summed E-state index contributed by atoms with van der Waals surface area (Å²) >= 11 is 12.3. The van der Waals surface area contributed by atoms with Gasteiger partial charge < -0.3 is 21.1 Å². The molecule has 4 N–H and O–H groups in total. The Labute approximate surface area is 184 Å². The topological polar surface area (TPSA) is 72.2 Å². The van der Waals surface area contributed by atoms with Crippen LogP contribution < -0.4 is 16.4 Å². The molecule has 0 saturated carbocycles. The van der Waals surface area contributed by atoms with Gasteiger partial charge in [-0.3, -0.25) is 4.98 Å². The lowest BCUT2D eigenvalue weighted by Crippen LogP contribution is -2.53. The van der Waals surface area contributed by atoms with Gasteiger partial charge in [0.2, 0.25) is 0 Å². The summed E-state index contributed by atoms with van der Waals surface area (Å²) in [5.41, 5.74) is 7.53. The van der Waals surface area contributed by atoms with Gasteiger partial charge in [-0.1, -0.05) is 23.2 Å². The van der Waals surface area contributed by atoms with Crippen LogP contribution in [0.3, 0.4) is 0 Å². The number of nitrogens with one attached hydrogen (secondary N) is 2. The van der Waals surface area contributed by atoms with Crippen molar-refractivity contribution in [2.75, 3.05) is 18.4 Å². The third-order valence-corrected chi connectivity index (χ3v) is 5.17. The fraction of sp³-hybridized carbons (Fsp3) is 0.250. The molecule has 2 aromatic carbocycles. The molecule has 1 saturated heterocycles. The van der Waals surface area contributed by atoms with Gasteiger partial charge in [-0.15, -0.1) is 12.4 Å². The SMILES string of the molecule is CC1(c2cc(Nc3cc(Cl)cc4cc(Cl)cnc34)ccc2F)CNC[C@H](N)O1.Cl. The monoisotopic (exact) mass is 456 g/mol. The summed E-state index contributed by atoms with van der Waals surface area (Å²) in [5.74, 6) is -0.357. The van der Waals surface area contributed by atoms with Crippen LogP contribution in [0.25, 0.3) is 10.9 Å².